The normalized spacial score (nSPS) is 12.9. The second kappa shape index (κ2) is 9.62. The topological polar surface area (TPSA) is 81.7 Å². The van der Waals surface area contributed by atoms with Crippen molar-refractivity contribution in [2.45, 2.75) is 15.5 Å². The van der Waals surface area contributed by atoms with E-state index in [1.807, 2.05) is 6.07 Å². The molecule has 0 saturated carbocycles. The summed E-state index contributed by atoms with van der Waals surface area (Å²) in [6.45, 7) is 0.724. The molecule has 6 nitrogen and oxygen atoms in total. The van der Waals surface area contributed by atoms with Crippen molar-refractivity contribution in [3.05, 3.63) is 81.8 Å². The van der Waals surface area contributed by atoms with Crippen LogP contribution in [0.25, 0.3) is 0 Å². The number of rotatable bonds is 6. The Hall–Kier alpha value is -2.39. The van der Waals surface area contributed by atoms with E-state index in [0.717, 1.165) is 10.5 Å². The lowest BCUT2D eigenvalue weighted by Crippen LogP contribution is -2.30. The average Bonchev–Trinajstić information content (AvgIpc) is 2.79. The molecule has 4 rings (SSSR count). The van der Waals surface area contributed by atoms with Gasteiger partial charge in [0.15, 0.2) is 11.5 Å². The molecular formula is C22H17Cl2NO5S2. The number of fused-ring (bicyclic) bond motifs is 1. The molecule has 1 heterocycles. The molecule has 1 aliphatic rings. The van der Waals surface area contributed by atoms with Crippen molar-refractivity contribution in [2.24, 2.45) is 0 Å². The van der Waals surface area contributed by atoms with E-state index in [0.29, 0.717) is 40.5 Å². The molecule has 0 bridgehead atoms. The van der Waals surface area contributed by atoms with Crippen molar-refractivity contribution in [2.75, 3.05) is 13.2 Å². The average molecular weight is 510 g/mol. The minimum Gasteiger partial charge on any atom is -0.486 e. The molecule has 0 fully saturated rings. The Bertz CT molecular complexity index is 1280. The van der Waals surface area contributed by atoms with Gasteiger partial charge in [0.25, 0.3) is 15.9 Å². The molecule has 0 spiro atoms. The minimum atomic E-state index is -4.09. The third kappa shape index (κ3) is 5.32. The summed E-state index contributed by atoms with van der Waals surface area (Å²) >= 11 is 13.7. The molecule has 166 valence electrons. The molecule has 0 atom stereocenters. The predicted molar refractivity (Wildman–Crippen MR) is 125 cm³/mol. The van der Waals surface area contributed by atoms with E-state index in [2.05, 4.69) is 4.72 Å². The van der Waals surface area contributed by atoms with Gasteiger partial charge in [-0.25, -0.2) is 13.1 Å². The molecule has 3 aromatic rings. The van der Waals surface area contributed by atoms with Crippen LogP contribution in [0.3, 0.4) is 0 Å². The number of benzene rings is 3. The van der Waals surface area contributed by atoms with E-state index in [-0.39, 0.29) is 10.5 Å². The van der Waals surface area contributed by atoms with Crippen molar-refractivity contribution in [1.82, 2.24) is 4.72 Å². The van der Waals surface area contributed by atoms with Gasteiger partial charge < -0.3 is 9.47 Å². The van der Waals surface area contributed by atoms with Crippen LogP contribution in [0.4, 0.5) is 0 Å². The first-order chi connectivity index (χ1) is 15.3. The zero-order valence-electron chi connectivity index (χ0n) is 16.5. The lowest BCUT2D eigenvalue weighted by atomic mass is 10.1. The SMILES string of the molecule is O=C(NS(=O)(=O)c1ccc2c(c1)OCCO2)c1cccc(CSc2cc(Cl)ccc2Cl)c1. The van der Waals surface area contributed by atoms with Gasteiger partial charge in [-0.15, -0.1) is 11.8 Å². The van der Waals surface area contributed by atoms with Crippen LogP contribution in [-0.2, 0) is 15.8 Å². The number of amides is 1. The summed E-state index contributed by atoms with van der Waals surface area (Å²) in [5.41, 5.74) is 1.05. The zero-order valence-corrected chi connectivity index (χ0v) is 19.7. The first-order valence-corrected chi connectivity index (χ1v) is 12.7. The van der Waals surface area contributed by atoms with Gasteiger partial charge in [-0.1, -0.05) is 35.3 Å². The van der Waals surface area contributed by atoms with Crippen molar-refractivity contribution < 1.29 is 22.7 Å². The molecule has 0 aliphatic carbocycles. The summed E-state index contributed by atoms with van der Waals surface area (Å²) in [5.74, 6) is 0.583. The number of thioether (sulfide) groups is 1. The van der Waals surface area contributed by atoms with Crippen LogP contribution >= 0.6 is 35.0 Å². The van der Waals surface area contributed by atoms with Crippen molar-refractivity contribution in [1.29, 1.82) is 0 Å². The molecule has 0 aromatic heterocycles. The lowest BCUT2D eigenvalue weighted by molar-refractivity contribution is 0.0981. The lowest BCUT2D eigenvalue weighted by Gasteiger charge is -2.18. The number of hydrogen-bond donors (Lipinski definition) is 1. The fourth-order valence-electron chi connectivity index (χ4n) is 2.98. The van der Waals surface area contributed by atoms with E-state index >= 15 is 0 Å². The van der Waals surface area contributed by atoms with Crippen LogP contribution in [0.15, 0.2) is 70.5 Å². The number of nitrogens with one attached hydrogen (secondary N) is 1. The van der Waals surface area contributed by atoms with Gasteiger partial charge in [0.05, 0.1) is 9.92 Å². The predicted octanol–water partition coefficient (Wildman–Crippen LogP) is 5.18. The maximum absolute atomic E-state index is 12.7. The number of hydrogen-bond acceptors (Lipinski definition) is 6. The van der Waals surface area contributed by atoms with Gasteiger partial charge in [-0.2, -0.15) is 0 Å². The largest absolute Gasteiger partial charge is 0.486 e. The molecule has 0 radical (unpaired) electrons. The molecule has 3 aromatic carbocycles. The molecule has 32 heavy (non-hydrogen) atoms. The summed E-state index contributed by atoms with van der Waals surface area (Å²) < 4.78 is 38.3. The highest BCUT2D eigenvalue weighted by Crippen LogP contribution is 2.33. The number of ether oxygens (including phenoxy) is 2. The molecule has 1 aliphatic heterocycles. The summed E-state index contributed by atoms with van der Waals surface area (Å²) in [6.07, 6.45) is 0. The Labute approximate surface area is 199 Å². The fraction of sp³-hybridized carbons (Fsp3) is 0.136. The second-order valence-corrected chi connectivity index (χ2v) is 10.3. The summed E-state index contributed by atoms with van der Waals surface area (Å²) in [5, 5.41) is 1.16. The first-order valence-electron chi connectivity index (χ1n) is 9.45. The Balaban J connectivity index is 1.47. The third-order valence-electron chi connectivity index (χ3n) is 4.53. The van der Waals surface area contributed by atoms with Gasteiger partial charge in [0.2, 0.25) is 0 Å². The van der Waals surface area contributed by atoms with E-state index in [4.69, 9.17) is 32.7 Å². The Morgan fingerprint density at radius 1 is 0.969 bits per heavy atom. The van der Waals surface area contributed by atoms with Gasteiger partial charge in [-0.05, 0) is 48.0 Å². The number of carbonyl (C=O) groups excluding carboxylic acids is 1. The van der Waals surface area contributed by atoms with Crippen molar-refractivity contribution in [3.8, 4) is 11.5 Å². The summed E-state index contributed by atoms with van der Waals surface area (Å²) in [4.78, 5) is 13.4. The standard InChI is InChI=1S/C22H17Cl2NO5S2/c23-16-4-6-18(24)21(11-16)31-13-14-2-1-3-15(10-14)22(26)25-32(27,28)17-5-7-19-20(12-17)30-9-8-29-19/h1-7,10-12H,8-9,13H2,(H,25,26). The van der Waals surface area contributed by atoms with E-state index in [1.54, 1.807) is 36.4 Å². The van der Waals surface area contributed by atoms with Crippen LogP contribution in [-0.4, -0.2) is 27.5 Å². The highest BCUT2D eigenvalue weighted by atomic mass is 35.5. The first kappa shape index (κ1) is 22.8. The number of halogens is 2. The maximum atomic E-state index is 12.7. The highest BCUT2D eigenvalue weighted by Gasteiger charge is 2.22. The van der Waals surface area contributed by atoms with Crippen molar-refractivity contribution >= 4 is 50.9 Å². The van der Waals surface area contributed by atoms with Gasteiger partial charge in [0, 0.05) is 27.3 Å². The summed E-state index contributed by atoms with van der Waals surface area (Å²) in [7, 11) is -4.09. The molecule has 10 heteroatoms. The second-order valence-electron chi connectivity index (χ2n) is 6.80. The quantitative estimate of drug-likeness (QED) is 0.461. The monoisotopic (exact) mass is 509 g/mol. The Morgan fingerprint density at radius 2 is 1.75 bits per heavy atom. The number of sulfonamides is 1. The van der Waals surface area contributed by atoms with Gasteiger partial charge >= 0.3 is 0 Å². The minimum absolute atomic E-state index is 0.0857. The fourth-order valence-corrected chi connectivity index (χ4v) is 5.41. The smallest absolute Gasteiger partial charge is 0.265 e. The van der Waals surface area contributed by atoms with Gasteiger partial charge in [0.1, 0.15) is 13.2 Å². The van der Waals surface area contributed by atoms with Crippen LogP contribution in [0, 0.1) is 0 Å². The van der Waals surface area contributed by atoms with Crippen LogP contribution in [0.1, 0.15) is 15.9 Å². The molecule has 0 unspecified atom stereocenters. The maximum Gasteiger partial charge on any atom is 0.265 e. The van der Waals surface area contributed by atoms with Gasteiger partial charge in [-0.3, -0.25) is 4.79 Å². The van der Waals surface area contributed by atoms with Crippen LogP contribution in [0.5, 0.6) is 11.5 Å². The molecule has 1 N–H and O–H groups in total. The van der Waals surface area contributed by atoms with E-state index in [1.165, 1.54) is 30.0 Å². The zero-order chi connectivity index (χ0) is 22.7. The summed E-state index contributed by atoms with van der Waals surface area (Å²) in [6, 6.07) is 16.1. The van der Waals surface area contributed by atoms with E-state index < -0.39 is 15.9 Å². The molecule has 1 amide bonds. The highest BCUT2D eigenvalue weighted by molar-refractivity contribution is 7.98. The third-order valence-corrected chi connectivity index (χ3v) is 7.66. The molecular weight excluding hydrogens is 493 g/mol. The Morgan fingerprint density at radius 3 is 2.56 bits per heavy atom. The van der Waals surface area contributed by atoms with Crippen molar-refractivity contribution in [3.63, 3.8) is 0 Å². The Kier molecular flexibility index (Phi) is 6.85. The number of carbonyl (C=O) groups is 1. The van der Waals surface area contributed by atoms with Crippen LogP contribution < -0.4 is 14.2 Å². The molecule has 0 saturated heterocycles. The van der Waals surface area contributed by atoms with Crippen LogP contribution in [0.2, 0.25) is 10.0 Å². The van der Waals surface area contributed by atoms with E-state index in [9.17, 15) is 13.2 Å².